The van der Waals surface area contributed by atoms with Crippen molar-refractivity contribution in [3.63, 3.8) is 0 Å². The number of benzene rings is 1. The van der Waals surface area contributed by atoms with Crippen molar-refractivity contribution in [3.8, 4) is 0 Å². The lowest BCUT2D eigenvalue weighted by Crippen LogP contribution is -2.38. The summed E-state index contributed by atoms with van der Waals surface area (Å²) in [5.74, 6) is -0.603. The van der Waals surface area contributed by atoms with E-state index in [0.29, 0.717) is 17.0 Å². The zero-order valence-electron chi connectivity index (χ0n) is 11.7. The predicted octanol–water partition coefficient (Wildman–Crippen LogP) is 1.66. The summed E-state index contributed by atoms with van der Waals surface area (Å²) < 4.78 is 25.5. The number of anilines is 1. The molecule has 114 valence electrons. The lowest BCUT2D eigenvalue weighted by atomic mass is 10.2. The Labute approximate surface area is 132 Å². The lowest BCUT2D eigenvalue weighted by molar-refractivity contribution is 0.0955. The highest BCUT2D eigenvalue weighted by Gasteiger charge is 2.32. The van der Waals surface area contributed by atoms with Crippen LogP contribution in [0.4, 0.5) is 5.69 Å². The molecular weight excluding hydrogens is 322 g/mol. The average molecular weight is 335 g/mol. The third kappa shape index (κ3) is 2.62. The van der Waals surface area contributed by atoms with Gasteiger partial charge in [0.05, 0.1) is 16.3 Å². The molecule has 1 aromatic carbocycles. The van der Waals surface area contributed by atoms with E-state index in [1.165, 1.54) is 22.7 Å². The maximum absolute atomic E-state index is 12.1. The molecule has 1 aliphatic rings. The Morgan fingerprint density at radius 2 is 2.00 bits per heavy atom. The number of carbonyl (C=O) groups is 1. The van der Waals surface area contributed by atoms with Gasteiger partial charge in [-0.1, -0.05) is 18.2 Å². The molecule has 8 heteroatoms. The Kier molecular flexibility index (Phi) is 3.71. The maximum atomic E-state index is 12.1. The van der Waals surface area contributed by atoms with Crippen LogP contribution in [0.25, 0.3) is 0 Å². The van der Waals surface area contributed by atoms with Gasteiger partial charge in [-0.3, -0.25) is 9.10 Å². The molecule has 1 amide bonds. The average Bonchev–Trinajstić information content (AvgIpc) is 3.00. The molecule has 6 nitrogen and oxygen atoms in total. The van der Waals surface area contributed by atoms with Crippen LogP contribution in [-0.4, -0.2) is 32.8 Å². The molecule has 2 heterocycles. The Morgan fingerprint density at radius 3 is 2.73 bits per heavy atom. The second-order valence-electron chi connectivity index (χ2n) is 4.72. The molecule has 0 atom stereocenters. The third-order valence-corrected chi connectivity index (χ3v) is 5.93. The Bertz CT molecular complexity index is 841. The monoisotopic (exact) mass is 335 g/mol. The first kappa shape index (κ1) is 14.7. The summed E-state index contributed by atoms with van der Waals surface area (Å²) in [6.45, 7) is 0. The van der Waals surface area contributed by atoms with Gasteiger partial charge in [0.1, 0.15) is 5.75 Å². The topological polar surface area (TPSA) is 78.8 Å². The molecule has 0 unspecified atom stereocenters. The lowest BCUT2D eigenvalue weighted by Gasteiger charge is -2.25. The highest BCUT2D eigenvalue weighted by molar-refractivity contribution is 7.93. The number of amides is 1. The number of hydrogen-bond donors (Lipinski definition) is 1. The summed E-state index contributed by atoms with van der Waals surface area (Å²) in [4.78, 5) is 12.7. The SMILES string of the molecule is CN1c2ccsc2/C(=N/NC(=O)c2ccccc2)CS1(=O)=O. The maximum Gasteiger partial charge on any atom is 0.271 e. The highest BCUT2D eigenvalue weighted by atomic mass is 32.2. The van der Waals surface area contributed by atoms with E-state index in [2.05, 4.69) is 10.5 Å². The summed E-state index contributed by atoms with van der Waals surface area (Å²) in [7, 11) is -1.93. The summed E-state index contributed by atoms with van der Waals surface area (Å²) >= 11 is 1.40. The standard InChI is InChI=1S/C14H13N3O3S2/c1-17-12-7-8-21-13(12)11(9-22(17,19)20)15-16-14(18)10-5-3-2-4-6-10/h2-8H,9H2,1H3,(H,16,18)/b15-11+. The van der Waals surface area contributed by atoms with Gasteiger partial charge in [0.2, 0.25) is 10.0 Å². The van der Waals surface area contributed by atoms with Crippen molar-refractivity contribution in [2.75, 3.05) is 17.1 Å². The van der Waals surface area contributed by atoms with Crippen LogP contribution in [-0.2, 0) is 10.0 Å². The minimum absolute atomic E-state index is 0.230. The molecule has 1 N–H and O–H groups in total. The number of rotatable bonds is 2. The number of fused-ring (bicyclic) bond motifs is 1. The predicted molar refractivity (Wildman–Crippen MR) is 87.0 cm³/mol. The number of carbonyl (C=O) groups excluding carboxylic acids is 1. The van der Waals surface area contributed by atoms with Gasteiger partial charge in [-0.2, -0.15) is 5.10 Å². The molecular formula is C14H13N3O3S2. The van der Waals surface area contributed by atoms with Gasteiger partial charge in [-0.15, -0.1) is 11.3 Å². The highest BCUT2D eigenvalue weighted by Crippen LogP contribution is 2.32. The van der Waals surface area contributed by atoms with Crippen LogP contribution in [0.3, 0.4) is 0 Å². The largest absolute Gasteiger partial charge is 0.271 e. The summed E-state index contributed by atoms with van der Waals surface area (Å²) in [5, 5.41) is 5.83. The van der Waals surface area contributed by atoms with Gasteiger partial charge in [0.15, 0.2) is 0 Å². The zero-order chi connectivity index (χ0) is 15.7. The number of hydrogen-bond acceptors (Lipinski definition) is 5. The fourth-order valence-electron chi connectivity index (χ4n) is 2.11. The van der Waals surface area contributed by atoms with E-state index in [0.717, 1.165) is 4.88 Å². The van der Waals surface area contributed by atoms with Crippen molar-refractivity contribution in [3.05, 3.63) is 52.2 Å². The minimum Gasteiger partial charge on any atom is -0.271 e. The van der Waals surface area contributed by atoms with Crippen molar-refractivity contribution in [1.82, 2.24) is 5.43 Å². The van der Waals surface area contributed by atoms with E-state index < -0.39 is 10.0 Å². The second-order valence-corrected chi connectivity index (χ2v) is 7.64. The number of nitrogens with zero attached hydrogens (tertiary/aromatic N) is 2. The first-order valence-corrected chi connectivity index (χ1v) is 8.94. The quantitative estimate of drug-likeness (QED) is 0.848. The fraction of sp³-hybridized carbons (Fsp3) is 0.143. The van der Waals surface area contributed by atoms with Crippen LogP contribution in [0, 0.1) is 0 Å². The Balaban J connectivity index is 1.89. The van der Waals surface area contributed by atoms with Crippen LogP contribution in [0.2, 0.25) is 0 Å². The third-order valence-electron chi connectivity index (χ3n) is 3.31. The molecule has 0 radical (unpaired) electrons. The fourth-order valence-corrected chi connectivity index (χ4v) is 4.37. The molecule has 0 bridgehead atoms. The van der Waals surface area contributed by atoms with E-state index in [9.17, 15) is 13.2 Å². The van der Waals surface area contributed by atoms with Crippen molar-refractivity contribution < 1.29 is 13.2 Å². The molecule has 1 aromatic heterocycles. The Hall–Kier alpha value is -2.19. The van der Waals surface area contributed by atoms with Gasteiger partial charge < -0.3 is 0 Å². The second kappa shape index (κ2) is 5.54. The molecule has 2 aromatic rings. The molecule has 3 rings (SSSR count). The summed E-state index contributed by atoms with van der Waals surface area (Å²) in [5.41, 5.74) is 3.83. The molecule has 0 fully saturated rings. The van der Waals surface area contributed by atoms with Crippen LogP contribution < -0.4 is 9.73 Å². The van der Waals surface area contributed by atoms with Gasteiger partial charge >= 0.3 is 0 Å². The van der Waals surface area contributed by atoms with Gasteiger partial charge in [-0.25, -0.2) is 13.8 Å². The van der Waals surface area contributed by atoms with E-state index in [1.54, 1.807) is 35.7 Å². The van der Waals surface area contributed by atoms with Crippen LogP contribution in [0.1, 0.15) is 15.2 Å². The van der Waals surface area contributed by atoms with Crippen molar-refractivity contribution in [2.24, 2.45) is 5.10 Å². The number of hydrazone groups is 1. The van der Waals surface area contributed by atoms with Crippen molar-refractivity contribution in [2.45, 2.75) is 0 Å². The smallest absolute Gasteiger partial charge is 0.271 e. The number of sulfonamides is 1. The van der Waals surface area contributed by atoms with Gasteiger partial charge in [0.25, 0.3) is 5.91 Å². The molecule has 0 spiro atoms. The van der Waals surface area contributed by atoms with Gasteiger partial charge in [-0.05, 0) is 23.6 Å². The van der Waals surface area contributed by atoms with Crippen molar-refractivity contribution >= 4 is 38.7 Å². The van der Waals surface area contributed by atoms with Crippen LogP contribution >= 0.6 is 11.3 Å². The van der Waals surface area contributed by atoms with Crippen LogP contribution in [0.5, 0.6) is 0 Å². The molecule has 0 saturated carbocycles. The molecule has 0 aliphatic carbocycles. The van der Waals surface area contributed by atoms with E-state index in [1.807, 2.05) is 6.07 Å². The zero-order valence-corrected chi connectivity index (χ0v) is 13.3. The Morgan fingerprint density at radius 1 is 1.27 bits per heavy atom. The molecule has 0 saturated heterocycles. The first-order valence-electron chi connectivity index (χ1n) is 6.45. The summed E-state index contributed by atoms with van der Waals surface area (Å²) in [6, 6.07) is 10.4. The van der Waals surface area contributed by atoms with E-state index in [4.69, 9.17) is 0 Å². The minimum atomic E-state index is -3.45. The van der Waals surface area contributed by atoms with Gasteiger partial charge in [0, 0.05) is 12.6 Å². The number of thiophene rings is 1. The van der Waals surface area contributed by atoms with Crippen molar-refractivity contribution in [1.29, 1.82) is 0 Å². The number of nitrogens with one attached hydrogen (secondary N) is 1. The molecule has 22 heavy (non-hydrogen) atoms. The normalized spacial score (nSPS) is 18.0. The molecule has 1 aliphatic heterocycles. The van der Waals surface area contributed by atoms with E-state index >= 15 is 0 Å². The van der Waals surface area contributed by atoms with E-state index in [-0.39, 0.29) is 11.7 Å². The summed E-state index contributed by atoms with van der Waals surface area (Å²) in [6.07, 6.45) is 0. The first-order chi connectivity index (χ1) is 10.5. The van der Waals surface area contributed by atoms with Crippen LogP contribution in [0.15, 0.2) is 46.9 Å².